The van der Waals surface area contributed by atoms with Gasteiger partial charge in [-0.3, -0.25) is 0 Å². The fourth-order valence-electron chi connectivity index (χ4n) is 1.54. The summed E-state index contributed by atoms with van der Waals surface area (Å²) < 4.78 is 0. The van der Waals surface area contributed by atoms with Crippen molar-refractivity contribution in [1.82, 2.24) is 14.9 Å². The average Bonchev–Trinajstić information content (AvgIpc) is 2.33. The molecule has 0 amide bonds. The van der Waals surface area contributed by atoms with E-state index in [1.807, 2.05) is 6.92 Å². The molecular weight excluding hydrogens is 228 g/mol. The Balaban J connectivity index is 2.37. The lowest BCUT2D eigenvalue weighted by molar-refractivity contribution is 0.273. The maximum Gasteiger partial charge on any atom is 0.145 e. The van der Waals surface area contributed by atoms with Crippen molar-refractivity contribution < 1.29 is 0 Å². The normalized spacial score (nSPS) is 11.1. The van der Waals surface area contributed by atoms with Crippen LogP contribution < -0.4 is 16.6 Å². The molecule has 0 aliphatic rings. The number of aryl methyl sites for hydroxylation is 1. The first kappa shape index (κ1) is 14.7. The first-order valence-electron chi connectivity index (χ1n) is 6.29. The smallest absolute Gasteiger partial charge is 0.145 e. The molecule has 0 fully saturated rings. The summed E-state index contributed by atoms with van der Waals surface area (Å²) >= 11 is 0. The lowest BCUT2D eigenvalue weighted by Gasteiger charge is -2.20. The quantitative estimate of drug-likeness (QED) is 0.384. The molecule has 0 aliphatic carbocycles. The third-order valence-electron chi connectivity index (χ3n) is 2.86. The van der Waals surface area contributed by atoms with E-state index in [2.05, 4.69) is 46.5 Å². The molecule has 0 bridgehead atoms. The van der Waals surface area contributed by atoms with Crippen LogP contribution in [0, 0.1) is 6.92 Å². The zero-order chi connectivity index (χ0) is 13.5. The number of nitrogens with two attached hydrogens (primary N) is 1. The molecular formula is C12H24N6. The Morgan fingerprint density at radius 2 is 2.00 bits per heavy atom. The number of nitrogens with zero attached hydrogens (tertiary/aromatic N) is 3. The first-order valence-corrected chi connectivity index (χ1v) is 6.29. The second kappa shape index (κ2) is 7.13. The first-order chi connectivity index (χ1) is 8.52. The van der Waals surface area contributed by atoms with E-state index in [-0.39, 0.29) is 0 Å². The molecule has 0 saturated carbocycles. The van der Waals surface area contributed by atoms with Gasteiger partial charge in [-0.25, -0.2) is 15.8 Å². The Bertz CT molecular complexity index is 366. The maximum absolute atomic E-state index is 5.34. The Morgan fingerprint density at radius 3 is 2.61 bits per heavy atom. The topological polar surface area (TPSA) is 79.1 Å². The van der Waals surface area contributed by atoms with E-state index < -0.39 is 0 Å². The predicted molar refractivity (Wildman–Crippen MR) is 75.5 cm³/mol. The fraction of sp³-hybridized carbons (Fsp3) is 0.667. The molecule has 4 N–H and O–H groups in total. The summed E-state index contributed by atoms with van der Waals surface area (Å²) in [5, 5.41) is 3.28. The minimum Gasteiger partial charge on any atom is -0.370 e. The van der Waals surface area contributed by atoms with Gasteiger partial charge in [-0.15, -0.1) is 0 Å². The maximum atomic E-state index is 5.34. The number of nitrogen functional groups attached to an aromatic ring is 1. The van der Waals surface area contributed by atoms with Crippen molar-refractivity contribution >= 4 is 11.6 Å². The SMILES string of the molecule is Cc1nc(NN)cc(NCCCN(C)C(C)C)n1. The highest BCUT2D eigenvalue weighted by Gasteiger charge is 2.03. The van der Waals surface area contributed by atoms with Crippen molar-refractivity contribution in [3.05, 3.63) is 11.9 Å². The van der Waals surface area contributed by atoms with Crippen molar-refractivity contribution in [2.75, 3.05) is 30.9 Å². The number of aromatic nitrogens is 2. The standard InChI is InChI=1S/C12H24N6/c1-9(2)18(4)7-5-6-14-11-8-12(17-13)16-10(3)15-11/h8-9H,5-7,13H2,1-4H3,(H2,14,15,16,17). The molecule has 1 aromatic heterocycles. The van der Waals surface area contributed by atoms with Gasteiger partial charge in [0.1, 0.15) is 17.5 Å². The summed E-state index contributed by atoms with van der Waals surface area (Å²) in [5.41, 5.74) is 2.53. The summed E-state index contributed by atoms with van der Waals surface area (Å²) in [6.45, 7) is 8.19. The summed E-state index contributed by atoms with van der Waals surface area (Å²) in [7, 11) is 2.13. The summed E-state index contributed by atoms with van der Waals surface area (Å²) in [6.07, 6.45) is 1.07. The Hall–Kier alpha value is -1.40. The van der Waals surface area contributed by atoms with Gasteiger partial charge >= 0.3 is 0 Å². The number of anilines is 2. The molecule has 0 atom stereocenters. The van der Waals surface area contributed by atoms with Crippen molar-refractivity contribution in [1.29, 1.82) is 0 Å². The highest BCUT2D eigenvalue weighted by molar-refractivity contribution is 5.46. The number of hydrazine groups is 1. The van der Waals surface area contributed by atoms with Crippen molar-refractivity contribution in [3.8, 4) is 0 Å². The van der Waals surface area contributed by atoms with Crippen LogP contribution in [0.25, 0.3) is 0 Å². The van der Waals surface area contributed by atoms with Crippen LogP contribution in [0.2, 0.25) is 0 Å². The number of nitrogens with one attached hydrogen (secondary N) is 2. The third-order valence-corrected chi connectivity index (χ3v) is 2.86. The molecule has 0 aliphatic heterocycles. The molecule has 0 unspecified atom stereocenters. The van der Waals surface area contributed by atoms with E-state index in [1.54, 1.807) is 6.07 Å². The summed E-state index contributed by atoms with van der Waals surface area (Å²) in [5.74, 6) is 7.48. The third kappa shape index (κ3) is 4.85. The van der Waals surface area contributed by atoms with E-state index in [0.717, 1.165) is 25.3 Å². The molecule has 6 heteroatoms. The zero-order valence-corrected chi connectivity index (χ0v) is 11.7. The molecule has 1 aromatic rings. The number of hydrogen-bond acceptors (Lipinski definition) is 6. The lowest BCUT2D eigenvalue weighted by atomic mass is 10.3. The number of rotatable bonds is 7. The summed E-state index contributed by atoms with van der Waals surface area (Å²) in [4.78, 5) is 10.8. The van der Waals surface area contributed by atoms with E-state index in [1.165, 1.54) is 0 Å². The predicted octanol–water partition coefficient (Wildman–Crippen LogP) is 1.21. The fourth-order valence-corrected chi connectivity index (χ4v) is 1.54. The minimum absolute atomic E-state index is 0.583. The van der Waals surface area contributed by atoms with Crippen molar-refractivity contribution in [3.63, 3.8) is 0 Å². The molecule has 1 rings (SSSR count). The Kier molecular flexibility index (Phi) is 5.80. The van der Waals surface area contributed by atoms with Crippen molar-refractivity contribution in [2.45, 2.75) is 33.2 Å². The Labute approximate surface area is 109 Å². The van der Waals surface area contributed by atoms with Crippen LogP contribution in [-0.4, -0.2) is 41.0 Å². The second-order valence-corrected chi connectivity index (χ2v) is 4.68. The van der Waals surface area contributed by atoms with Gasteiger partial charge in [-0.2, -0.15) is 0 Å². The van der Waals surface area contributed by atoms with Crippen LogP contribution in [0.1, 0.15) is 26.1 Å². The van der Waals surface area contributed by atoms with Gasteiger partial charge in [0.15, 0.2) is 0 Å². The molecule has 0 spiro atoms. The second-order valence-electron chi connectivity index (χ2n) is 4.68. The van der Waals surface area contributed by atoms with Gasteiger partial charge in [0.05, 0.1) is 0 Å². The van der Waals surface area contributed by atoms with E-state index in [0.29, 0.717) is 17.7 Å². The van der Waals surface area contributed by atoms with Gasteiger partial charge in [0.2, 0.25) is 0 Å². The molecule has 18 heavy (non-hydrogen) atoms. The van der Waals surface area contributed by atoms with E-state index >= 15 is 0 Å². The van der Waals surface area contributed by atoms with Crippen molar-refractivity contribution in [2.24, 2.45) is 5.84 Å². The van der Waals surface area contributed by atoms with Gasteiger partial charge in [0.25, 0.3) is 0 Å². The molecule has 6 nitrogen and oxygen atoms in total. The monoisotopic (exact) mass is 252 g/mol. The molecule has 1 heterocycles. The molecule has 0 aromatic carbocycles. The van der Waals surface area contributed by atoms with Crippen LogP contribution in [0.4, 0.5) is 11.6 Å². The molecule has 102 valence electrons. The molecule has 0 radical (unpaired) electrons. The van der Waals surface area contributed by atoms with Crippen LogP contribution in [0.5, 0.6) is 0 Å². The van der Waals surface area contributed by atoms with E-state index in [9.17, 15) is 0 Å². The average molecular weight is 252 g/mol. The van der Waals surface area contributed by atoms with Crippen LogP contribution in [0.3, 0.4) is 0 Å². The van der Waals surface area contributed by atoms with Gasteiger partial charge in [-0.05, 0) is 40.8 Å². The largest absolute Gasteiger partial charge is 0.370 e. The Morgan fingerprint density at radius 1 is 1.33 bits per heavy atom. The number of hydrogen-bond donors (Lipinski definition) is 3. The van der Waals surface area contributed by atoms with Gasteiger partial charge in [0, 0.05) is 18.7 Å². The van der Waals surface area contributed by atoms with Gasteiger partial charge < -0.3 is 15.6 Å². The minimum atomic E-state index is 0.583. The zero-order valence-electron chi connectivity index (χ0n) is 11.7. The highest BCUT2D eigenvalue weighted by atomic mass is 15.3. The van der Waals surface area contributed by atoms with Crippen LogP contribution in [0.15, 0.2) is 6.07 Å². The van der Waals surface area contributed by atoms with Crippen LogP contribution in [-0.2, 0) is 0 Å². The van der Waals surface area contributed by atoms with Gasteiger partial charge in [-0.1, -0.05) is 0 Å². The summed E-state index contributed by atoms with van der Waals surface area (Å²) in [6, 6.07) is 2.39. The van der Waals surface area contributed by atoms with E-state index in [4.69, 9.17) is 5.84 Å². The van der Waals surface area contributed by atoms with Crippen LogP contribution >= 0.6 is 0 Å². The lowest BCUT2D eigenvalue weighted by Crippen LogP contribution is -2.28. The molecule has 0 saturated heterocycles. The highest BCUT2D eigenvalue weighted by Crippen LogP contribution is 2.09.